The minimum absolute atomic E-state index is 0.796. The maximum absolute atomic E-state index is 3.65. The summed E-state index contributed by atoms with van der Waals surface area (Å²) < 4.78 is 2.40. The van der Waals surface area contributed by atoms with Crippen molar-refractivity contribution in [2.45, 2.75) is 13.5 Å². The van der Waals surface area contributed by atoms with Crippen LogP contribution in [0.4, 0.5) is 0 Å². The van der Waals surface area contributed by atoms with Gasteiger partial charge < -0.3 is 9.88 Å². The molecule has 0 bridgehead atoms. The van der Waals surface area contributed by atoms with Gasteiger partial charge >= 0.3 is 0 Å². The highest BCUT2D eigenvalue weighted by Gasteiger charge is 2.21. The van der Waals surface area contributed by atoms with Crippen molar-refractivity contribution in [3.63, 3.8) is 0 Å². The molecule has 0 aliphatic carbocycles. The van der Waals surface area contributed by atoms with Crippen LogP contribution in [0.3, 0.4) is 0 Å². The summed E-state index contributed by atoms with van der Waals surface area (Å²) in [6.45, 7) is 2.92. The minimum Gasteiger partial charge on any atom is -0.379 e. The molecule has 5 aromatic rings. The van der Waals surface area contributed by atoms with Crippen LogP contribution in [0.2, 0.25) is 0 Å². The third kappa shape index (κ3) is 3.12. The average Bonchev–Trinajstić information content (AvgIpc) is 3.19. The maximum atomic E-state index is 3.65. The summed E-state index contributed by atoms with van der Waals surface area (Å²) in [4.78, 5) is 0. The van der Waals surface area contributed by atoms with Gasteiger partial charge in [-0.3, -0.25) is 0 Å². The van der Waals surface area contributed by atoms with Crippen molar-refractivity contribution in [1.82, 2.24) is 9.88 Å². The van der Waals surface area contributed by atoms with E-state index in [4.69, 9.17) is 0 Å². The van der Waals surface area contributed by atoms with Crippen LogP contribution < -0.4 is 5.32 Å². The Hall–Kier alpha value is -4.04. The molecular weight excluding hydrogens is 388 g/mol. The number of nitrogens with zero attached hydrogens (tertiary/aromatic N) is 1. The van der Waals surface area contributed by atoms with Crippen LogP contribution >= 0.6 is 0 Å². The fourth-order valence-electron chi connectivity index (χ4n) is 4.67. The van der Waals surface area contributed by atoms with Gasteiger partial charge in [0, 0.05) is 22.3 Å². The van der Waals surface area contributed by atoms with Crippen LogP contribution in [-0.4, -0.2) is 4.57 Å². The monoisotopic (exact) mass is 412 g/mol. The second kappa shape index (κ2) is 7.58. The standard InChI is InChI=1S/C30H24N2/c1-21-11-13-22(14-12-21)23-15-17-25(18-16-23)32-29-10-6-5-9-26(29)27-19-28(31-20-30(27)32)24-7-3-2-4-8-24/h2-19,31H,20H2,1H3. The average molecular weight is 413 g/mol. The molecule has 0 unspecified atom stereocenters. The highest BCUT2D eigenvalue weighted by atomic mass is 15.0. The summed E-state index contributed by atoms with van der Waals surface area (Å²) in [5.41, 5.74) is 11.2. The molecule has 0 saturated carbocycles. The van der Waals surface area contributed by atoms with Crippen molar-refractivity contribution >= 4 is 22.7 Å². The van der Waals surface area contributed by atoms with E-state index in [0.29, 0.717) is 0 Å². The second-order valence-electron chi connectivity index (χ2n) is 8.40. The van der Waals surface area contributed by atoms with Gasteiger partial charge in [0.15, 0.2) is 0 Å². The Labute approximate surface area is 188 Å². The van der Waals surface area contributed by atoms with Gasteiger partial charge in [-0.25, -0.2) is 0 Å². The first kappa shape index (κ1) is 18.7. The molecule has 6 rings (SSSR count). The number of para-hydroxylation sites is 1. The van der Waals surface area contributed by atoms with Crippen LogP contribution in [0.1, 0.15) is 22.4 Å². The smallest absolute Gasteiger partial charge is 0.0563 e. The summed E-state index contributed by atoms with van der Waals surface area (Å²) in [5, 5.41) is 4.94. The Kier molecular flexibility index (Phi) is 4.43. The first-order valence-corrected chi connectivity index (χ1v) is 11.1. The molecule has 0 radical (unpaired) electrons. The van der Waals surface area contributed by atoms with E-state index in [9.17, 15) is 0 Å². The van der Waals surface area contributed by atoms with Gasteiger partial charge in [0.25, 0.3) is 0 Å². The number of aromatic nitrogens is 1. The molecule has 1 aliphatic heterocycles. The summed E-state index contributed by atoms with van der Waals surface area (Å²) in [7, 11) is 0. The zero-order valence-corrected chi connectivity index (χ0v) is 18.0. The number of benzene rings is 4. The predicted molar refractivity (Wildman–Crippen MR) is 135 cm³/mol. The van der Waals surface area contributed by atoms with E-state index in [1.165, 1.54) is 55.8 Å². The Morgan fingerprint density at radius 2 is 1.31 bits per heavy atom. The third-order valence-corrected chi connectivity index (χ3v) is 6.35. The highest BCUT2D eigenvalue weighted by molar-refractivity contribution is 5.98. The van der Waals surface area contributed by atoms with Crippen LogP contribution in [0.5, 0.6) is 0 Å². The zero-order chi connectivity index (χ0) is 21.5. The van der Waals surface area contributed by atoms with E-state index < -0.39 is 0 Å². The Morgan fingerprint density at radius 3 is 2.06 bits per heavy atom. The molecule has 0 saturated heterocycles. The van der Waals surface area contributed by atoms with Crippen molar-refractivity contribution in [3.05, 3.63) is 126 Å². The lowest BCUT2D eigenvalue weighted by atomic mass is 10.0. The van der Waals surface area contributed by atoms with E-state index in [1.54, 1.807) is 0 Å². The summed E-state index contributed by atoms with van der Waals surface area (Å²) >= 11 is 0. The Bertz CT molecular complexity index is 1440. The fraction of sp³-hybridized carbons (Fsp3) is 0.0667. The number of fused-ring (bicyclic) bond motifs is 3. The van der Waals surface area contributed by atoms with E-state index in [0.717, 1.165) is 6.54 Å². The largest absolute Gasteiger partial charge is 0.379 e. The molecule has 32 heavy (non-hydrogen) atoms. The summed E-state index contributed by atoms with van der Waals surface area (Å²) in [6, 6.07) is 36.9. The molecule has 1 N–H and O–H groups in total. The lowest BCUT2D eigenvalue weighted by Crippen LogP contribution is -2.18. The topological polar surface area (TPSA) is 17.0 Å². The van der Waals surface area contributed by atoms with Crippen LogP contribution in [0, 0.1) is 6.92 Å². The van der Waals surface area contributed by atoms with Gasteiger partial charge in [-0.2, -0.15) is 0 Å². The van der Waals surface area contributed by atoms with E-state index >= 15 is 0 Å². The molecular formula is C30H24N2. The Morgan fingerprint density at radius 1 is 0.656 bits per heavy atom. The highest BCUT2D eigenvalue weighted by Crippen LogP contribution is 2.35. The van der Waals surface area contributed by atoms with E-state index in [1.807, 2.05) is 0 Å². The number of hydrogen-bond donors (Lipinski definition) is 1. The first-order chi connectivity index (χ1) is 15.8. The molecule has 1 aromatic heterocycles. The number of nitrogens with one attached hydrogen (secondary N) is 1. The molecule has 0 spiro atoms. The molecule has 0 atom stereocenters. The summed E-state index contributed by atoms with van der Waals surface area (Å²) in [5.74, 6) is 0. The molecule has 4 aromatic carbocycles. The van der Waals surface area contributed by atoms with Crippen molar-refractivity contribution in [2.75, 3.05) is 0 Å². The van der Waals surface area contributed by atoms with Crippen molar-refractivity contribution in [3.8, 4) is 16.8 Å². The van der Waals surface area contributed by atoms with Gasteiger partial charge in [0.2, 0.25) is 0 Å². The van der Waals surface area contributed by atoms with E-state index in [2.05, 4.69) is 126 Å². The molecule has 0 amide bonds. The quantitative estimate of drug-likeness (QED) is 0.331. The lowest BCUT2D eigenvalue weighted by molar-refractivity contribution is 0.818. The fourth-order valence-corrected chi connectivity index (χ4v) is 4.67. The maximum Gasteiger partial charge on any atom is 0.0563 e. The number of aryl methyl sites for hydroxylation is 1. The zero-order valence-electron chi connectivity index (χ0n) is 18.0. The van der Waals surface area contributed by atoms with Gasteiger partial charge in [-0.05, 0) is 47.9 Å². The SMILES string of the molecule is Cc1ccc(-c2ccc(-n3c4c(c5ccccc53)C=C(c3ccccc3)NC4)cc2)cc1. The number of rotatable bonds is 3. The van der Waals surface area contributed by atoms with Gasteiger partial charge in [-0.1, -0.05) is 90.5 Å². The van der Waals surface area contributed by atoms with Gasteiger partial charge in [0.05, 0.1) is 17.8 Å². The molecule has 2 heterocycles. The number of hydrogen-bond acceptors (Lipinski definition) is 1. The van der Waals surface area contributed by atoms with Crippen LogP contribution in [0.15, 0.2) is 103 Å². The predicted octanol–water partition coefficient (Wildman–Crippen LogP) is 7.21. The van der Waals surface area contributed by atoms with Crippen molar-refractivity contribution < 1.29 is 0 Å². The first-order valence-electron chi connectivity index (χ1n) is 11.1. The van der Waals surface area contributed by atoms with Gasteiger partial charge in [0.1, 0.15) is 0 Å². The molecule has 0 fully saturated rings. The molecule has 154 valence electrons. The normalized spacial score (nSPS) is 12.8. The molecule has 2 nitrogen and oxygen atoms in total. The third-order valence-electron chi connectivity index (χ3n) is 6.35. The molecule has 1 aliphatic rings. The lowest BCUT2D eigenvalue weighted by Gasteiger charge is -2.20. The Balaban J connectivity index is 1.47. The molecule has 2 heteroatoms. The van der Waals surface area contributed by atoms with Crippen molar-refractivity contribution in [2.24, 2.45) is 0 Å². The minimum atomic E-state index is 0.796. The van der Waals surface area contributed by atoms with Crippen LogP contribution in [-0.2, 0) is 6.54 Å². The summed E-state index contributed by atoms with van der Waals surface area (Å²) in [6.07, 6.45) is 2.30. The second-order valence-corrected chi connectivity index (χ2v) is 8.40. The van der Waals surface area contributed by atoms with Crippen LogP contribution in [0.25, 0.3) is 39.5 Å². The van der Waals surface area contributed by atoms with Crippen molar-refractivity contribution in [1.29, 1.82) is 0 Å². The van der Waals surface area contributed by atoms with E-state index in [-0.39, 0.29) is 0 Å². The van der Waals surface area contributed by atoms with Gasteiger partial charge in [-0.15, -0.1) is 0 Å².